The Morgan fingerprint density at radius 3 is 2.10 bits per heavy atom. The van der Waals surface area contributed by atoms with E-state index in [1.54, 1.807) is 31.4 Å². The zero-order valence-corrected chi connectivity index (χ0v) is 18.3. The largest absolute Gasteiger partial charge is 0.385 e. The van der Waals surface area contributed by atoms with E-state index in [-0.39, 0.29) is 0 Å². The highest BCUT2D eigenvalue weighted by Gasteiger charge is 2.18. The summed E-state index contributed by atoms with van der Waals surface area (Å²) in [4.78, 5) is 5.66. The second-order valence-corrected chi connectivity index (χ2v) is 9.73. The summed E-state index contributed by atoms with van der Waals surface area (Å²) in [6.07, 6.45) is 2.24. The molecule has 1 heterocycles. The average Bonchev–Trinajstić information content (AvgIpc) is 2.94. The fraction of sp³-hybridized carbons (Fsp3) is 0.478. The molecule has 0 saturated carbocycles. The molecule has 0 aromatic heterocycles. The van der Waals surface area contributed by atoms with Crippen LogP contribution < -0.4 is 0 Å². The van der Waals surface area contributed by atoms with Crippen LogP contribution in [0.3, 0.4) is 0 Å². The van der Waals surface area contributed by atoms with Crippen LogP contribution in [0.5, 0.6) is 0 Å². The lowest BCUT2D eigenvalue weighted by atomic mass is 10.2. The first kappa shape index (κ1) is 22.0. The Balaban J connectivity index is 1.58. The summed E-state index contributed by atoms with van der Waals surface area (Å²) >= 11 is 0. The van der Waals surface area contributed by atoms with Crippen LogP contribution in [0.15, 0.2) is 58.3 Å². The molecule has 1 saturated heterocycles. The Kier molecular flexibility index (Phi) is 7.84. The lowest BCUT2D eigenvalue weighted by Crippen LogP contribution is -2.31. The molecule has 0 unspecified atom stereocenters. The maximum absolute atomic E-state index is 12.8. The number of aryl methyl sites for hydroxylation is 1. The number of rotatable bonds is 8. The standard InChI is InChI=1S/C23H32N2O3S/c1-20-5-9-22(10-6-20)29(26,27)23-11-7-21(8-12-23)19-25-14-3-13-24(16-17-25)15-4-18-28-2/h5-12H,3-4,13-19H2,1-2H3. The third-order valence-corrected chi connectivity index (χ3v) is 7.26. The Morgan fingerprint density at radius 1 is 0.862 bits per heavy atom. The summed E-state index contributed by atoms with van der Waals surface area (Å²) in [5, 5.41) is 0. The van der Waals surface area contributed by atoms with E-state index in [9.17, 15) is 8.42 Å². The van der Waals surface area contributed by atoms with Crippen molar-refractivity contribution < 1.29 is 13.2 Å². The van der Waals surface area contributed by atoms with Gasteiger partial charge >= 0.3 is 0 Å². The van der Waals surface area contributed by atoms with Gasteiger partial charge in [-0.05, 0) is 62.7 Å². The number of sulfone groups is 1. The lowest BCUT2D eigenvalue weighted by molar-refractivity contribution is 0.172. The second-order valence-electron chi connectivity index (χ2n) is 7.78. The molecule has 0 bridgehead atoms. The van der Waals surface area contributed by atoms with Crippen molar-refractivity contribution in [2.45, 2.75) is 36.1 Å². The quantitative estimate of drug-likeness (QED) is 0.618. The molecule has 0 spiro atoms. The fourth-order valence-electron chi connectivity index (χ4n) is 3.72. The van der Waals surface area contributed by atoms with Gasteiger partial charge in [-0.2, -0.15) is 0 Å². The van der Waals surface area contributed by atoms with Crippen molar-refractivity contribution in [2.24, 2.45) is 0 Å². The van der Waals surface area contributed by atoms with Crippen molar-refractivity contribution >= 4 is 9.84 Å². The molecule has 2 aromatic carbocycles. The minimum atomic E-state index is -3.46. The predicted molar refractivity (Wildman–Crippen MR) is 116 cm³/mol. The van der Waals surface area contributed by atoms with Crippen molar-refractivity contribution in [3.63, 3.8) is 0 Å². The normalized spacial score (nSPS) is 16.6. The number of hydrogen-bond acceptors (Lipinski definition) is 5. The van der Waals surface area contributed by atoms with E-state index in [0.717, 1.165) is 69.8 Å². The van der Waals surface area contributed by atoms with Gasteiger partial charge in [-0.15, -0.1) is 0 Å². The molecule has 158 valence electrons. The fourth-order valence-corrected chi connectivity index (χ4v) is 4.99. The second kappa shape index (κ2) is 10.3. The maximum atomic E-state index is 12.8. The molecule has 0 amide bonds. The number of hydrogen-bond donors (Lipinski definition) is 0. The van der Waals surface area contributed by atoms with Gasteiger partial charge in [-0.1, -0.05) is 29.8 Å². The molecule has 6 heteroatoms. The molecule has 5 nitrogen and oxygen atoms in total. The van der Waals surface area contributed by atoms with Gasteiger partial charge < -0.3 is 9.64 Å². The summed E-state index contributed by atoms with van der Waals surface area (Å²) in [5.41, 5.74) is 2.20. The van der Waals surface area contributed by atoms with Gasteiger partial charge in [0, 0.05) is 39.9 Å². The molecule has 2 aromatic rings. The summed E-state index contributed by atoms with van der Waals surface area (Å²) in [6.45, 7) is 9.03. The molecule has 1 aliphatic rings. The topological polar surface area (TPSA) is 49.9 Å². The van der Waals surface area contributed by atoms with Crippen molar-refractivity contribution in [2.75, 3.05) is 46.4 Å². The smallest absolute Gasteiger partial charge is 0.206 e. The molecule has 0 radical (unpaired) electrons. The molecule has 29 heavy (non-hydrogen) atoms. The van der Waals surface area contributed by atoms with Crippen LogP contribution in [0, 0.1) is 6.92 Å². The first-order valence-corrected chi connectivity index (χ1v) is 11.8. The summed E-state index contributed by atoms with van der Waals surface area (Å²) in [7, 11) is -1.71. The lowest BCUT2D eigenvalue weighted by Gasteiger charge is -2.21. The molecular weight excluding hydrogens is 384 g/mol. The minimum absolute atomic E-state index is 0.344. The zero-order valence-electron chi connectivity index (χ0n) is 17.5. The van der Waals surface area contributed by atoms with Crippen LogP contribution in [-0.4, -0.2) is 64.7 Å². The first-order chi connectivity index (χ1) is 14.0. The zero-order chi connectivity index (χ0) is 20.7. The SMILES string of the molecule is COCCCN1CCCN(Cc2ccc(S(=O)(=O)c3ccc(C)cc3)cc2)CC1. The third-order valence-electron chi connectivity index (χ3n) is 5.48. The molecule has 0 atom stereocenters. The van der Waals surface area contributed by atoms with Crippen LogP contribution in [0.25, 0.3) is 0 Å². The summed E-state index contributed by atoms with van der Waals surface area (Å²) < 4.78 is 30.8. The van der Waals surface area contributed by atoms with Gasteiger partial charge in [0.05, 0.1) is 9.79 Å². The van der Waals surface area contributed by atoms with Gasteiger partial charge in [0.1, 0.15) is 0 Å². The number of nitrogens with zero attached hydrogens (tertiary/aromatic N) is 2. The molecular formula is C23H32N2O3S. The monoisotopic (exact) mass is 416 g/mol. The van der Waals surface area contributed by atoms with Gasteiger partial charge in [0.15, 0.2) is 0 Å². The Labute approximate surface area is 175 Å². The number of ether oxygens (including phenoxy) is 1. The van der Waals surface area contributed by atoms with Crippen LogP contribution in [-0.2, 0) is 21.1 Å². The van der Waals surface area contributed by atoms with Gasteiger partial charge in [-0.3, -0.25) is 4.90 Å². The van der Waals surface area contributed by atoms with Crippen LogP contribution in [0.4, 0.5) is 0 Å². The number of benzene rings is 2. The highest BCUT2D eigenvalue weighted by atomic mass is 32.2. The molecule has 1 fully saturated rings. The maximum Gasteiger partial charge on any atom is 0.206 e. The summed E-state index contributed by atoms with van der Waals surface area (Å²) in [5.74, 6) is 0. The van der Waals surface area contributed by atoms with Crippen molar-refractivity contribution in [3.8, 4) is 0 Å². The van der Waals surface area contributed by atoms with E-state index in [4.69, 9.17) is 4.74 Å². The van der Waals surface area contributed by atoms with Crippen molar-refractivity contribution in [1.29, 1.82) is 0 Å². The van der Waals surface area contributed by atoms with Crippen LogP contribution >= 0.6 is 0 Å². The van der Waals surface area contributed by atoms with Crippen LogP contribution in [0.2, 0.25) is 0 Å². The molecule has 0 N–H and O–H groups in total. The average molecular weight is 417 g/mol. The summed E-state index contributed by atoms with van der Waals surface area (Å²) in [6, 6.07) is 14.4. The van der Waals surface area contributed by atoms with E-state index in [1.165, 1.54) is 0 Å². The minimum Gasteiger partial charge on any atom is -0.385 e. The molecule has 0 aliphatic carbocycles. The van der Waals surface area contributed by atoms with E-state index in [0.29, 0.717) is 9.79 Å². The van der Waals surface area contributed by atoms with Gasteiger partial charge in [0.2, 0.25) is 9.84 Å². The molecule has 1 aliphatic heterocycles. The van der Waals surface area contributed by atoms with E-state index in [2.05, 4.69) is 9.80 Å². The Bertz CT molecular complexity index is 864. The Hall–Kier alpha value is -1.73. The highest BCUT2D eigenvalue weighted by Crippen LogP contribution is 2.22. The van der Waals surface area contributed by atoms with Gasteiger partial charge in [-0.25, -0.2) is 8.42 Å². The van der Waals surface area contributed by atoms with E-state index < -0.39 is 9.84 Å². The Morgan fingerprint density at radius 2 is 1.45 bits per heavy atom. The van der Waals surface area contributed by atoms with E-state index in [1.807, 2.05) is 31.2 Å². The third kappa shape index (κ3) is 6.12. The molecule has 3 rings (SSSR count). The van der Waals surface area contributed by atoms with Gasteiger partial charge in [0.25, 0.3) is 0 Å². The predicted octanol–water partition coefficient (Wildman–Crippen LogP) is 3.37. The number of methoxy groups -OCH3 is 1. The van der Waals surface area contributed by atoms with Crippen molar-refractivity contribution in [3.05, 3.63) is 59.7 Å². The first-order valence-electron chi connectivity index (χ1n) is 10.3. The van der Waals surface area contributed by atoms with Crippen LogP contribution in [0.1, 0.15) is 24.0 Å². The van der Waals surface area contributed by atoms with E-state index >= 15 is 0 Å². The highest BCUT2D eigenvalue weighted by molar-refractivity contribution is 7.91. The van der Waals surface area contributed by atoms with Crippen molar-refractivity contribution in [1.82, 2.24) is 9.80 Å².